The summed E-state index contributed by atoms with van der Waals surface area (Å²) in [5, 5.41) is 2.52. The molecule has 0 bridgehead atoms. The monoisotopic (exact) mass is 470 g/mol. The fraction of sp³-hybridized carbons (Fsp3) is 0.200. The molecule has 3 aromatic carbocycles. The van der Waals surface area contributed by atoms with Gasteiger partial charge in [-0.1, -0.05) is 42.5 Å². The number of amides is 2. The molecule has 0 aromatic heterocycles. The molecule has 2 amide bonds. The van der Waals surface area contributed by atoms with Crippen LogP contribution in [0.15, 0.2) is 78.9 Å². The number of alkyl halides is 3. The Bertz CT molecular complexity index is 1120. The SMILES string of the molecule is O=C(CCc1ccccc1)Nc1ccc([C@@H]2SCC(=O)N2c2ccc(C(F)(F)F)cc2)cc1. The Balaban J connectivity index is 1.42. The maximum absolute atomic E-state index is 12.9. The van der Waals surface area contributed by atoms with Gasteiger partial charge in [-0.2, -0.15) is 13.2 Å². The van der Waals surface area contributed by atoms with Crippen molar-refractivity contribution >= 4 is 35.0 Å². The summed E-state index contributed by atoms with van der Waals surface area (Å²) in [6.45, 7) is 0. The summed E-state index contributed by atoms with van der Waals surface area (Å²) >= 11 is 1.41. The van der Waals surface area contributed by atoms with E-state index in [2.05, 4.69) is 5.32 Å². The number of carbonyl (C=O) groups is 2. The number of thioether (sulfide) groups is 1. The lowest BCUT2D eigenvalue weighted by Gasteiger charge is -2.25. The minimum atomic E-state index is -4.43. The highest BCUT2D eigenvalue weighted by Crippen LogP contribution is 2.42. The molecule has 1 aliphatic heterocycles. The lowest BCUT2D eigenvalue weighted by Crippen LogP contribution is -2.27. The quantitative estimate of drug-likeness (QED) is 0.477. The third kappa shape index (κ3) is 5.57. The van der Waals surface area contributed by atoms with E-state index in [-0.39, 0.29) is 22.9 Å². The molecule has 33 heavy (non-hydrogen) atoms. The van der Waals surface area contributed by atoms with E-state index in [1.54, 1.807) is 12.1 Å². The van der Waals surface area contributed by atoms with Crippen molar-refractivity contribution in [3.05, 3.63) is 95.6 Å². The Labute approximate surface area is 193 Å². The predicted octanol–water partition coefficient (Wildman–Crippen LogP) is 6.06. The number of rotatable bonds is 6. The van der Waals surface area contributed by atoms with Crippen molar-refractivity contribution in [2.45, 2.75) is 24.4 Å². The van der Waals surface area contributed by atoms with E-state index < -0.39 is 11.7 Å². The van der Waals surface area contributed by atoms with Gasteiger partial charge < -0.3 is 5.32 Å². The minimum absolute atomic E-state index is 0.0941. The van der Waals surface area contributed by atoms with Crippen molar-refractivity contribution in [2.75, 3.05) is 16.0 Å². The third-order valence-electron chi connectivity index (χ3n) is 5.30. The summed E-state index contributed by atoms with van der Waals surface area (Å²) in [6, 6.07) is 21.5. The first-order chi connectivity index (χ1) is 15.8. The molecule has 170 valence electrons. The molecule has 1 heterocycles. The number of hydrogen-bond donors (Lipinski definition) is 1. The average Bonchev–Trinajstić information content (AvgIpc) is 3.20. The molecule has 8 heteroatoms. The van der Waals surface area contributed by atoms with E-state index in [4.69, 9.17) is 0 Å². The van der Waals surface area contributed by atoms with Crippen LogP contribution in [0.5, 0.6) is 0 Å². The second-order valence-electron chi connectivity index (χ2n) is 7.63. The normalized spacial score (nSPS) is 16.2. The van der Waals surface area contributed by atoms with Crippen LogP contribution in [0, 0.1) is 0 Å². The zero-order valence-electron chi connectivity index (χ0n) is 17.5. The Morgan fingerprint density at radius 1 is 0.970 bits per heavy atom. The molecule has 1 atom stereocenters. The van der Waals surface area contributed by atoms with Crippen LogP contribution in [0.4, 0.5) is 24.5 Å². The first-order valence-electron chi connectivity index (χ1n) is 10.4. The number of benzene rings is 3. The fourth-order valence-electron chi connectivity index (χ4n) is 3.62. The molecule has 0 aliphatic carbocycles. The van der Waals surface area contributed by atoms with Gasteiger partial charge in [-0.05, 0) is 53.9 Å². The van der Waals surface area contributed by atoms with Gasteiger partial charge >= 0.3 is 6.18 Å². The van der Waals surface area contributed by atoms with Gasteiger partial charge in [0.25, 0.3) is 0 Å². The molecular weight excluding hydrogens is 449 g/mol. The standard InChI is InChI=1S/C25H21F3N2O2S/c26-25(27,28)19-9-13-21(14-10-19)30-23(32)16-33-24(30)18-7-11-20(12-8-18)29-22(31)15-6-17-4-2-1-3-5-17/h1-5,7-14,24H,6,15-16H2,(H,29,31)/t24-/m0/s1. The topological polar surface area (TPSA) is 49.4 Å². The summed E-state index contributed by atoms with van der Waals surface area (Å²) in [5.74, 6) is -0.0182. The Morgan fingerprint density at radius 3 is 2.27 bits per heavy atom. The van der Waals surface area contributed by atoms with Crippen molar-refractivity contribution < 1.29 is 22.8 Å². The molecular formula is C25H21F3N2O2S. The van der Waals surface area contributed by atoms with Crippen LogP contribution in [0.2, 0.25) is 0 Å². The second kappa shape index (κ2) is 9.70. The van der Waals surface area contributed by atoms with E-state index in [9.17, 15) is 22.8 Å². The van der Waals surface area contributed by atoms with Gasteiger partial charge in [0.1, 0.15) is 5.37 Å². The lowest BCUT2D eigenvalue weighted by atomic mass is 10.1. The molecule has 1 N–H and O–H groups in total. The maximum Gasteiger partial charge on any atom is 0.416 e. The van der Waals surface area contributed by atoms with Gasteiger partial charge in [-0.3, -0.25) is 14.5 Å². The lowest BCUT2D eigenvalue weighted by molar-refractivity contribution is -0.137. The van der Waals surface area contributed by atoms with Crippen molar-refractivity contribution in [1.82, 2.24) is 0 Å². The van der Waals surface area contributed by atoms with Crippen LogP contribution in [-0.4, -0.2) is 17.6 Å². The van der Waals surface area contributed by atoms with Crippen molar-refractivity contribution in [1.29, 1.82) is 0 Å². The molecule has 1 fully saturated rings. The maximum atomic E-state index is 12.9. The number of halogens is 3. The Hall–Kier alpha value is -3.26. The zero-order chi connectivity index (χ0) is 23.4. The number of nitrogens with one attached hydrogen (secondary N) is 1. The molecule has 1 aliphatic rings. The number of hydrogen-bond acceptors (Lipinski definition) is 3. The van der Waals surface area contributed by atoms with E-state index in [1.807, 2.05) is 42.5 Å². The van der Waals surface area contributed by atoms with Gasteiger partial charge in [0, 0.05) is 17.8 Å². The Morgan fingerprint density at radius 2 is 1.64 bits per heavy atom. The molecule has 0 unspecified atom stereocenters. The Kier molecular flexibility index (Phi) is 6.74. The van der Waals surface area contributed by atoms with Gasteiger partial charge in [-0.15, -0.1) is 11.8 Å². The molecule has 0 spiro atoms. The van der Waals surface area contributed by atoms with Crippen LogP contribution >= 0.6 is 11.8 Å². The van der Waals surface area contributed by atoms with Gasteiger partial charge in [0.15, 0.2) is 0 Å². The van der Waals surface area contributed by atoms with E-state index in [1.165, 1.54) is 28.8 Å². The average molecular weight is 471 g/mol. The first-order valence-corrected chi connectivity index (χ1v) is 11.4. The molecule has 4 rings (SSSR count). The fourth-order valence-corrected chi connectivity index (χ4v) is 4.80. The highest BCUT2D eigenvalue weighted by atomic mass is 32.2. The van der Waals surface area contributed by atoms with E-state index >= 15 is 0 Å². The molecule has 0 radical (unpaired) electrons. The van der Waals surface area contributed by atoms with E-state index in [0.717, 1.165) is 23.3 Å². The van der Waals surface area contributed by atoms with Crippen LogP contribution in [0.1, 0.15) is 28.5 Å². The predicted molar refractivity (Wildman–Crippen MR) is 124 cm³/mol. The highest BCUT2D eigenvalue weighted by molar-refractivity contribution is 8.00. The number of anilines is 2. The molecule has 4 nitrogen and oxygen atoms in total. The number of carbonyl (C=O) groups excluding carboxylic acids is 2. The van der Waals surface area contributed by atoms with E-state index in [0.29, 0.717) is 24.2 Å². The highest BCUT2D eigenvalue weighted by Gasteiger charge is 2.35. The van der Waals surface area contributed by atoms with Gasteiger partial charge in [-0.25, -0.2) is 0 Å². The first kappa shape index (κ1) is 22.9. The van der Waals surface area contributed by atoms with Crippen molar-refractivity contribution in [3.8, 4) is 0 Å². The van der Waals surface area contributed by atoms with Crippen LogP contribution in [-0.2, 0) is 22.2 Å². The smallest absolute Gasteiger partial charge is 0.326 e. The number of nitrogens with zero attached hydrogens (tertiary/aromatic N) is 1. The van der Waals surface area contributed by atoms with Gasteiger partial charge in [0.2, 0.25) is 11.8 Å². The van der Waals surface area contributed by atoms with Crippen LogP contribution < -0.4 is 10.2 Å². The molecule has 1 saturated heterocycles. The van der Waals surface area contributed by atoms with Crippen LogP contribution in [0.25, 0.3) is 0 Å². The van der Waals surface area contributed by atoms with Crippen molar-refractivity contribution in [2.24, 2.45) is 0 Å². The largest absolute Gasteiger partial charge is 0.416 e. The van der Waals surface area contributed by atoms with Crippen LogP contribution in [0.3, 0.4) is 0 Å². The molecule has 3 aromatic rings. The summed E-state index contributed by atoms with van der Waals surface area (Å²) in [4.78, 5) is 26.2. The van der Waals surface area contributed by atoms with Gasteiger partial charge in [0.05, 0.1) is 11.3 Å². The summed E-state index contributed by atoms with van der Waals surface area (Å²) in [5.41, 5.74) is 2.23. The minimum Gasteiger partial charge on any atom is -0.326 e. The summed E-state index contributed by atoms with van der Waals surface area (Å²) < 4.78 is 38.6. The molecule has 0 saturated carbocycles. The summed E-state index contributed by atoms with van der Waals surface area (Å²) in [6.07, 6.45) is -3.42. The van der Waals surface area contributed by atoms with Crippen molar-refractivity contribution in [3.63, 3.8) is 0 Å². The zero-order valence-corrected chi connectivity index (χ0v) is 18.3. The second-order valence-corrected chi connectivity index (χ2v) is 8.70. The number of aryl methyl sites for hydroxylation is 1. The summed E-state index contributed by atoms with van der Waals surface area (Å²) in [7, 11) is 0. The third-order valence-corrected chi connectivity index (χ3v) is 6.52.